The van der Waals surface area contributed by atoms with Crippen molar-refractivity contribution >= 4 is 5.97 Å². The highest BCUT2D eigenvalue weighted by Crippen LogP contribution is 2.33. The average molecular weight is 238 g/mol. The number of nitrogens with zero attached hydrogens (tertiary/aromatic N) is 3. The molecule has 0 bridgehead atoms. The summed E-state index contributed by atoms with van der Waals surface area (Å²) in [5.74, 6) is -0.0427. The molecule has 94 valence electrons. The molecular weight excluding hydrogens is 220 g/mol. The summed E-state index contributed by atoms with van der Waals surface area (Å²) in [6, 6.07) is 0. The molecule has 0 saturated heterocycles. The highest BCUT2D eigenvalue weighted by atomic mass is 16.4. The van der Waals surface area contributed by atoms with Gasteiger partial charge in [-0.1, -0.05) is 18.1 Å². The molecule has 0 aromatic carbocycles. The largest absolute Gasteiger partial charge is 0.476 e. The first-order valence-corrected chi connectivity index (χ1v) is 6.10. The minimum Gasteiger partial charge on any atom is -0.476 e. The number of hydrogen-bond donors (Lipinski definition) is 2. The van der Waals surface area contributed by atoms with Crippen molar-refractivity contribution in [2.45, 2.75) is 32.2 Å². The third-order valence-electron chi connectivity index (χ3n) is 2.94. The molecule has 2 rings (SSSR count). The van der Waals surface area contributed by atoms with Gasteiger partial charge in [-0.3, -0.25) is 4.68 Å². The molecule has 1 heterocycles. The molecule has 1 fully saturated rings. The Balaban J connectivity index is 1.55. The number of aromatic carboxylic acids is 1. The van der Waals surface area contributed by atoms with Gasteiger partial charge >= 0.3 is 5.97 Å². The van der Waals surface area contributed by atoms with E-state index in [0.717, 1.165) is 19.0 Å². The van der Waals surface area contributed by atoms with E-state index in [1.54, 1.807) is 4.68 Å². The maximum Gasteiger partial charge on any atom is 0.358 e. The second-order valence-corrected chi connectivity index (χ2v) is 4.51. The van der Waals surface area contributed by atoms with E-state index in [9.17, 15) is 4.79 Å². The topological polar surface area (TPSA) is 80.0 Å². The average Bonchev–Trinajstić information content (AvgIpc) is 3.00. The lowest BCUT2D eigenvalue weighted by Crippen LogP contribution is -2.21. The SMILES string of the molecule is O=C(O)c1cn(CCNCCCC2CC2)nn1. The van der Waals surface area contributed by atoms with Crippen LogP contribution in [0.1, 0.15) is 36.2 Å². The third kappa shape index (κ3) is 4.14. The Labute approximate surface area is 100 Å². The Morgan fingerprint density at radius 2 is 2.35 bits per heavy atom. The minimum absolute atomic E-state index is 0.00117. The fourth-order valence-corrected chi connectivity index (χ4v) is 1.75. The monoisotopic (exact) mass is 238 g/mol. The van der Waals surface area contributed by atoms with Crippen molar-refractivity contribution in [2.75, 3.05) is 13.1 Å². The van der Waals surface area contributed by atoms with E-state index in [2.05, 4.69) is 15.6 Å². The number of rotatable bonds is 8. The molecule has 1 aromatic rings. The molecule has 0 amide bonds. The molecule has 17 heavy (non-hydrogen) atoms. The van der Waals surface area contributed by atoms with Crippen molar-refractivity contribution < 1.29 is 9.90 Å². The van der Waals surface area contributed by atoms with Gasteiger partial charge < -0.3 is 10.4 Å². The number of aromatic nitrogens is 3. The van der Waals surface area contributed by atoms with Crippen LogP contribution >= 0.6 is 0 Å². The fourth-order valence-electron chi connectivity index (χ4n) is 1.75. The van der Waals surface area contributed by atoms with Crippen LogP contribution in [0.4, 0.5) is 0 Å². The van der Waals surface area contributed by atoms with Gasteiger partial charge in [0.2, 0.25) is 0 Å². The Morgan fingerprint density at radius 3 is 3.00 bits per heavy atom. The van der Waals surface area contributed by atoms with Crippen molar-refractivity contribution in [1.82, 2.24) is 20.3 Å². The predicted octanol–water partition coefficient (Wildman–Crippen LogP) is 0.756. The van der Waals surface area contributed by atoms with E-state index in [1.165, 1.54) is 31.9 Å². The Kier molecular flexibility index (Phi) is 4.08. The summed E-state index contributed by atoms with van der Waals surface area (Å²) in [4.78, 5) is 10.6. The first kappa shape index (κ1) is 12.0. The summed E-state index contributed by atoms with van der Waals surface area (Å²) in [5.41, 5.74) is -0.00117. The Hall–Kier alpha value is -1.43. The zero-order valence-electron chi connectivity index (χ0n) is 9.80. The van der Waals surface area contributed by atoms with Crippen molar-refractivity contribution in [1.29, 1.82) is 0 Å². The maximum absolute atomic E-state index is 10.6. The number of nitrogens with one attached hydrogen (secondary N) is 1. The number of carboxylic acids is 1. The van der Waals surface area contributed by atoms with Crippen LogP contribution in [0.25, 0.3) is 0 Å². The van der Waals surface area contributed by atoms with Crippen LogP contribution in [0.3, 0.4) is 0 Å². The molecule has 0 radical (unpaired) electrons. The van der Waals surface area contributed by atoms with Crippen LogP contribution in [0, 0.1) is 5.92 Å². The van der Waals surface area contributed by atoms with Crippen molar-refractivity contribution in [2.24, 2.45) is 5.92 Å². The predicted molar refractivity (Wildman–Crippen MR) is 61.8 cm³/mol. The van der Waals surface area contributed by atoms with Crippen molar-refractivity contribution in [3.05, 3.63) is 11.9 Å². The first-order chi connectivity index (χ1) is 8.25. The molecule has 0 aliphatic heterocycles. The van der Waals surface area contributed by atoms with Crippen LogP contribution in [0.5, 0.6) is 0 Å². The normalized spacial score (nSPS) is 15.1. The molecule has 1 aromatic heterocycles. The zero-order chi connectivity index (χ0) is 12.1. The molecule has 0 unspecified atom stereocenters. The van der Waals surface area contributed by atoms with Crippen LogP contribution in [0.15, 0.2) is 6.20 Å². The van der Waals surface area contributed by atoms with Gasteiger partial charge in [0.15, 0.2) is 5.69 Å². The second-order valence-electron chi connectivity index (χ2n) is 4.51. The summed E-state index contributed by atoms with van der Waals surface area (Å²) in [6.45, 7) is 2.48. The minimum atomic E-state index is -1.03. The van der Waals surface area contributed by atoms with Crippen LogP contribution < -0.4 is 5.32 Å². The number of carbonyl (C=O) groups is 1. The second kappa shape index (κ2) is 5.77. The lowest BCUT2D eigenvalue weighted by molar-refractivity contribution is 0.0690. The van der Waals surface area contributed by atoms with Gasteiger partial charge in [-0.25, -0.2) is 4.79 Å². The molecule has 1 aliphatic rings. The van der Waals surface area contributed by atoms with E-state index < -0.39 is 5.97 Å². The van der Waals surface area contributed by atoms with Crippen molar-refractivity contribution in [3.8, 4) is 0 Å². The quantitative estimate of drug-likeness (QED) is 0.653. The van der Waals surface area contributed by atoms with Crippen LogP contribution in [-0.4, -0.2) is 39.2 Å². The molecule has 1 saturated carbocycles. The van der Waals surface area contributed by atoms with Gasteiger partial charge in [-0.05, 0) is 25.3 Å². The summed E-state index contributed by atoms with van der Waals surface area (Å²) in [7, 11) is 0. The van der Waals surface area contributed by atoms with Gasteiger partial charge in [0.05, 0.1) is 12.7 Å². The number of carboxylic acid groups (broad SMARTS) is 1. The maximum atomic E-state index is 10.6. The van der Waals surface area contributed by atoms with E-state index in [4.69, 9.17) is 5.11 Å². The smallest absolute Gasteiger partial charge is 0.358 e. The van der Waals surface area contributed by atoms with Crippen LogP contribution in [-0.2, 0) is 6.54 Å². The molecule has 0 spiro atoms. The molecule has 6 nitrogen and oxygen atoms in total. The summed E-state index contributed by atoms with van der Waals surface area (Å²) < 4.78 is 1.55. The van der Waals surface area contributed by atoms with Gasteiger partial charge in [0.25, 0.3) is 0 Å². The molecule has 6 heteroatoms. The summed E-state index contributed by atoms with van der Waals surface area (Å²) in [5, 5.41) is 19.3. The lowest BCUT2D eigenvalue weighted by Gasteiger charge is -2.03. The lowest BCUT2D eigenvalue weighted by atomic mass is 10.2. The van der Waals surface area contributed by atoms with E-state index in [1.807, 2.05) is 0 Å². The zero-order valence-corrected chi connectivity index (χ0v) is 9.80. The first-order valence-electron chi connectivity index (χ1n) is 6.10. The molecule has 1 aliphatic carbocycles. The highest BCUT2D eigenvalue weighted by molar-refractivity contribution is 5.84. The van der Waals surface area contributed by atoms with Gasteiger partial charge in [-0.2, -0.15) is 0 Å². The van der Waals surface area contributed by atoms with E-state index in [0.29, 0.717) is 6.54 Å². The van der Waals surface area contributed by atoms with Crippen molar-refractivity contribution in [3.63, 3.8) is 0 Å². The van der Waals surface area contributed by atoms with Gasteiger partial charge in [-0.15, -0.1) is 5.10 Å². The van der Waals surface area contributed by atoms with Gasteiger partial charge in [0.1, 0.15) is 0 Å². The molecule has 2 N–H and O–H groups in total. The van der Waals surface area contributed by atoms with Gasteiger partial charge in [0, 0.05) is 6.54 Å². The summed E-state index contributed by atoms with van der Waals surface area (Å²) in [6.07, 6.45) is 6.84. The Bertz CT molecular complexity index is 373. The van der Waals surface area contributed by atoms with E-state index >= 15 is 0 Å². The summed E-state index contributed by atoms with van der Waals surface area (Å²) >= 11 is 0. The standard InChI is InChI=1S/C11H18N4O2/c16-11(17)10-8-15(14-13-10)7-6-12-5-1-2-9-3-4-9/h8-9,12H,1-7H2,(H,16,17). The Morgan fingerprint density at radius 1 is 1.53 bits per heavy atom. The highest BCUT2D eigenvalue weighted by Gasteiger charge is 2.19. The molecular formula is C11H18N4O2. The third-order valence-corrected chi connectivity index (χ3v) is 2.94. The number of hydrogen-bond acceptors (Lipinski definition) is 4. The molecule has 0 atom stereocenters. The van der Waals surface area contributed by atoms with Crippen LogP contribution in [0.2, 0.25) is 0 Å². The fraction of sp³-hybridized carbons (Fsp3) is 0.727. The van der Waals surface area contributed by atoms with E-state index in [-0.39, 0.29) is 5.69 Å².